The van der Waals surface area contributed by atoms with Crippen molar-refractivity contribution in [3.05, 3.63) is 24.3 Å². The summed E-state index contributed by atoms with van der Waals surface area (Å²) < 4.78 is 5.52. The molecule has 2 amide bonds. The van der Waals surface area contributed by atoms with E-state index in [1.165, 1.54) is 0 Å². The van der Waals surface area contributed by atoms with Crippen molar-refractivity contribution in [3.8, 4) is 5.75 Å². The summed E-state index contributed by atoms with van der Waals surface area (Å²) in [6, 6.07) is 6.92. The van der Waals surface area contributed by atoms with Gasteiger partial charge in [-0.2, -0.15) is 0 Å². The van der Waals surface area contributed by atoms with Crippen molar-refractivity contribution < 1.29 is 14.3 Å². The van der Waals surface area contributed by atoms with Crippen molar-refractivity contribution in [1.29, 1.82) is 0 Å². The lowest BCUT2D eigenvalue weighted by Crippen LogP contribution is -2.35. The molecule has 0 heterocycles. The molecule has 1 rings (SSSR count). The van der Waals surface area contributed by atoms with E-state index in [4.69, 9.17) is 4.74 Å². The molecule has 104 valence electrons. The van der Waals surface area contributed by atoms with Crippen LogP contribution in [0.2, 0.25) is 0 Å². The first-order chi connectivity index (χ1) is 9.02. The SMILES string of the molecule is CCNC(=O)C(=O)Nc1ccc(OCC(C)C)cc1. The maximum atomic E-state index is 11.4. The number of benzene rings is 1. The molecule has 0 saturated carbocycles. The summed E-state index contributed by atoms with van der Waals surface area (Å²) in [7, 11) is 0. The zero-order chi connectivity index (χ0) is 14.3. The number of nitrogens with one attached hydrogen (secondary N) is 2. The minimum Gasteiger partial charge on any atom is -0.493 e. The molecule has 0 fully saturated rings. The molecule has 1 aromatic carbocycles. The van der Waals surface area contributed by atoms with Gasteiger partial charge in [-0.3, -0.25) is 9.59 Å². The fraction of sp³-hybridized carbons (Fsp3) is 0.429. The largest absolute Gasteiger partial charge is 0.493 e. The Kier molecular flexibility index (Phi) is 5.85. The van der Waals surface area contributed by atoms with Crippen LogP contribution >= 0.6 is 0 Å². The molecular weight excluding hydrogens is 244 g/mol. The number of hydrogen-bond acceptors (Lipinski definition) is 3. The van der Waals surface area contributed by atoms with E-state index in [1.54, 1.807) is 31.2 Å². The van der Waals surface area contributed by atoms with Gasteiger partial charge in [-0.15, -0.1) is 0 Å². The molecule has 0 aromatic heterocycles. The van der Waals surface area contributed by atoms with Crippen LogP contribution < -0.4 is 15.4 Å². The highest BCUT2D eigenvalue weighted by Crippen LogP contribution is 2.16. The van der Waals surface area contributed by atoms with Crippen LogP contribution in [0.15, 0.2) is 24.3 Å². The van der Waals surface area contributed by atoms with Crippen LogP contribution in [0.3, 0.4) is 0 Å². The lowest BCUT2D eigenvalue weighted by molar-refractivity contribution is -0.136. The molecule has 5 heteroatoms. The molecular formula is C14H20N2O3. The van der Waals surface area contributed by atoms with Crippen LogP contribution in [0.25, 0.3) is 0 Å². The molecule has 0 radical (unpaired) electrons. The average molecular weight is 264 g/mol. The van der Waals surface area contributed by atoms with Gasteiger partial charge in [0.25, 0.3) is 0 Å². The van der Waals surface area contributed by atoms with E-state index >= 15 is 0 Å². The number of anilines is 1. The summed E-state index contributed by atoms with van der Waals surface area (Å²) >= 11 is 0. The topological polar surface area (TPSA) is 67.4 Å². The third-order valence-electron chi connectivity index (χ3n) is 2.24. The Hall–Kier alpha value is -2.04. The maximum absolute atomic E-state index is 11.4. The Labute approximate surface area is 113 Å². The Morgan fingerprint density at radius 2 is 1.79 bits per heavy atom. The van der Waals surface area contributed by atoms with Crippen LogP contribution in [0.4, 0.5) is 5.69 Å². The number of carbonyl (C=O) groups is 2. The molecule has 0 atom stereocenters. The van der Waals surface area contributed by atoms with Gasteiger partial charge < -0.3 is 15.4 Å². The third-order valence-corrected chi connectivity index (χ3v) is 2.24. The minimum absolute atomic E-state index is 0.425. The molecule has 19 heavy (non-hydrogen) atoms. The van der Waals surface area contributed by atoms with E-state index in [9.17, 15) is 9.59 Å². The zero-order valence-corrected chi connectivity index (χ0v) is 11.5. The van der Waals surface area contributed by atoms with Gasteiger partial charge in [0.05, 0.1) is 6.61 Å². The van der Waals surface area contributed by atoms with Crippen molar-refractivity contribution >= 4 is 17.5 Å². The van der Waals surface area contributed by atoms with E-state index in [0.29, 0.717) is 24.8 Å². The van der Waals surface area contributed by atoms with Gasteiger partial charge in [-0.25, -0.2) is 0 Å². The number of rotatable bonds is 5. The van der Waals surface area contributed by atoms with Crippen LogP contribution in [-0.4, -0.2) is 25.0 Å². The Balaban J connectivity index is 2.52. The van der Waals surface area contributed by atoms with Gasteiger partial charge in [0.1, 0.15) is 5.75 Å². The monoisotopic (exact) mass is 264 g/mol. The van der Waals surface area contributed by atoms with Gasteiger partial charge in [-0.05, 0) is 37.1 Å². The van der Waals surface area contributed by atoms with Crippen molar-refractivity contribution in [1.82, 2.24) is 5.32 Å². The second-order valence-electron chi connectivity index (χ2n) is 4.54. The second-order valence-corrected chi connectivity index (χ2v) is 4.54. The van der Waals surface area contributed by atoms with Crippen LogP contribution in [-0.2, 0) is 9.59 Å². The molecule has 0 aliphatic carbocycles. The number of amides is 2. The summed E-state index contributed by atoms with van der Waals surface area (Å²) in [5, 5.41) is 4.95. The fourth-order valence-electron chi connectivity index (χ4n) is 1.33. The molecule has 0 aliphatic heterocycles. The van der Waals surface area contributed by atoms with Crippen LogP contribution in [0.5, 0.6) is 5.75 Å². The summed E-state index contributed by atoms with van der Waals surface area (Å²) in [6.07, 6.45) is 0. The van der Waals surface area contributed by atoms with Crippen LogP contribution in [0.1, 0.15) is 20.8 Å². The zero-order valence-electron chi connectivity index (χ0n) is 11.5. The van der Waals surface area contributed by atoms with E-state index in [-0.39, 0.29) is 0 Å². The molecule has 1 aromatic rings. The Bertz CT molecular complexity index is 427. The molecule has 5 nitrogen and oxygen atoms in total. The third kappa shape index (κ3) is 5.42. The predicted octanol–water partition coefficient (Wildman–Crippen LogP) is 1.80. The molecule has 0 spiro atoms. The molecule has 2 N–H and O–H groups in total. The van der Waals surface area contributed by atoms with Crippen molar-refractivity contribution in [2.45, 2.75) is 20.8 Å². The molecule has 0 bridgehead atoms. The number of likely N-dealkylation sites (N-methyl/N-ethyl adjacent to an activating group) is 1. The van der Waals surface area contributed by atoms with Crippen molar-refractivity contribution in [2.24, 2.45) is 5.92 Å². The molecule has 0 saturated heterocycles. The maximum Gasteiger partial charge on any atom is 0.313 e. The smallest absolute Gasteiger partial charge is 0.313 e. The predicted molar refractivity (Wildman–Crippen MR) is 74.1 cm³/mol. The summed E-state index contributed by atoms with van der Waals surface area (Å²) in [5.41, 5.74) is 0.563. The Morgan fingerprint density at radius 1 is 1.16 bits per heavy atom. The highest BCUT2D eigenvalue weighted by Gasteiger charge is 2.11. The van der Waals surface area contributed by atoms with E-state index in [1.807, 2.05) is 0 Å². The number of ether oxygens (including phenoxy) is 1. The molecule has 0 aliphatic rings. The molecule has 0 unspecified atom stereocenters. The summed E-state index contributed by atoms with van der Waals surface area (Å²) in [6.45, 7) is 6.97. The fourth-order valence-corrected chi connectivity index (χ4v) is 1.33. The lowest BCUT2D eigenvalue weighted by Gasteiger charge is -2.09. The van der Waals surface area contributed by atoms with Crippen molar-refractivity contribution in [3.63, 3.8) is 0 Å². The quantitative estimate of drug-likeness (QED) is 0.797. The lowest BCUT2D eigenvalue weighted by atomic mass is 10.2. The van der Waals surface area contributed by atoms with Gasteiger partial charge in [-0.1, -0.05) is 13.8 Å². The number of hydrogen-bond donors (Lipinski definition) is 2. The standard InChI is InChI=1S/C14H20N2O3/c1-4-15-13(17)14(18)16-11-5-7-12(8-6-11)19-9-10(2)3/h5-8,10H,4,9H2,1-3H3,(H,15,17)(H,16,18). The first kappa shape index (κ1) is 15.0. The highest BCUT2D eigenvalue weighted by molar-refractivity contribution is 6.39. The van der Waals surface area contributed by atoms with E-state index in [0.717, 1.165) is 5.75 Å². The first-order valence-corrected chi connectivity index (χ1v) is 6.35. The van der Waals surface area contributed by atoms with Gasteiger partial charge in [0.15, 0.2) is 0 Å². The van der Waals surface area contributed by atoms with Gasteiger partial charge in [0.2, 0.25) is 0 Å². The van der Waals surface area contributed by atoms with Crippen LogP contribution in [0, 0.1) is 5.92 Å². The van der Waals surface area contributed by atoms with E-state index < -0.39 is 11.8 Å². The summed E-state index contributed by atoms with van der Waals surface area (Å²) in [5.74, 6) is -0.109. The summed E-state index contributed by atoms with van der Waals surface area (Å²) in [4.78, 5) is 22.7. The van der Waals surface area contributed by atoms with E-state index in [2.05, 4.69) is 24.5 Å². The first-order valence-electron chi connectivity index (χ1n) is 6.35. The van der Waals surface area contributed by atoms with Gasteiger partial charge >= 0.3 is 11.8 Å². The minimum atomic E-state index is -0.669. The number of carbonyl (C=O) groups excluding carboxylic acids is 2. The van der Waals surface area contributed by atoms with Gasteiger partial charge in [0, 0.05) is 12.2 Å². The average Bonchev–Trinajstić information content (AvgIpc) is 2.38. The normalized spacial score (nSPS) is 10.1. The Morgan fingerprint density at radius 3 is 2.32 bits per heavy atom. The highest BCUT2D eigenvalue weighted by atomic mass is 16.5. The second kappa shape index (κ2) is 7.41. The van der Waals surface area contributed by atoms with Crippen molar-refractivity contribution in [2.75, 3.05) is 18.5 Å².